The molecule has 0 spiro atoms. The Labute approximate surface area is 150 Å². The van der Waals surface area contributed by atoms with E-state index in [-0.39, 0.29) is 0 Å². The number of unbranched alkanes of at least 4 members (excludes halogenated alkanes) is 10. The summed E-state index contributed by atoms with van der Waals surface area (Å²) in [7, 11) is 0. The first-order valence-electron chi connectivity index (χ1n) is 10.6. The Morgan fingerprint density at radius 1 is 0.625 bits per heavy atom. The van der Waals surface area contributed by atoms with Gasteiger partial charge in [0.2, 0.25) is 0 Å². The third-order valence-corrected chi connectivity index (χ3v) is 5.18. The van der Waals surface area contributed by atoms with Crippen molar-refractivity contribution < 1.29 is 5.11 Å². The predicted octanol–water partition coefficient (Wildman–Crippen LogP) is 7.98. The maximum atomic E-state index is 9.48. The van der Waals surface area contributed by atoms with Crippen LogP contribution in [0.3, 0.4) is 0 Å². The van der Waals surface area contributed by atoms with Crippen LogP contribution in [0.2, 0.25) is 0 Å². The first-order valence-corrected chi connectivity index (χ1v) is 10.6. The van der Waals surface area contributed by atoms with Crippen molar-refractivity contribution in [3.05, 3.63) is 29.8 Å². The summed E-state index contributed by atoms with van der Waals surface area (Å²) >= 11 is 0. The van der Waals surface area contributed by atoms with Gasteiger partial charge in [0.05, 0.1) is 0 Å². The summed E-state index contributed by atoms with van der Waals surface area (Å²) in [5.41, 5.74) is 1.41. The largest absolute Gasteiger partial charge is 0.508 e. The van der Waals surface area contributed by atoms with E-state index in [4.69, 9.17) is 0 Å². The van der Waals surface area contributed by atoms with Crippen molar-refractivity contribution in [1.82, 2.24) is 0 Å². The van der Waals surface area contributed by atoms with E-state index in [1.807, 2.05) is 12.1 Å². The molecule has 0 radical (unpaired) electrons. The average Bonchev–Trinajstić information content (AvgIpc) is 2.60. The lowest BCUT2D eigenvalue weighted by Crippen LogP contribution is -1.99. The van der Waals surface area contributed by atoms with Gasteiger partial charge in [-0.3, -0.25) is 0 Å². The summed E-state index contributed by atoms with van der Waals surface area (Å²) in [6.45, 7) is 4.56. The van der Waals surface area contributed by atoms with E-state index in [9.17, 15) is 5.11 Å². The van der Waals surface area contributed by atoms with Crippen LogP contribution in [-0.2, 0) is 0 Å². The topological polar surface area (TPSA) is 20.2 Å². The van der Waals surface area contributed by atoms with Gasteiger partial charge in [-0.25, -0.2) is 0 Å². The molecule has 1 atom stereocenters. The molecule has 0 aliphatic heterocycles. The number of rotatable bonds is 15. The molecule has 24 heavy (non-hydrogen) atoms. The molecule has 0 amide bonds. The van der Waals surface area contributed by atoms with Crippen LogP contribution < -0.4 is 0 Å². The highest BCUT2D eigenvalue weighted by Gasteiger charge is 2.10. The minimum Gasteiger partial charge on any atom is -0.508 e. The molecular formula is C23H40O. The van der Waals surface area contributed by atoms with Crippen molar-refractivity contribution in [2.24, 2.45) is 0 Å². The smallest absolute Gasteiger partial charge is 0.115 e. The number of benzene rings is 1. The molecule has 1 nitrogen and oxygen atoms in total. The Balaban J connectivity index is 2.15. The highest BCUT2D eigenvalue weighted by atomic mass is 16.3. The predicted molar refractivity (Wildman–Crippen MR) is 107 cm³/mol. The molecule has 0 saturated heterocycles. The molecule has 0 saturated carbocycles. The highest BCUT2D eigenvalue weighted by Crippen LogP contribution is 2.29. The monoisotopic (exact) mass is 332 g/mol. The van der Waals surface area contributed by atoms with Crippen LogP contribution in [0.25, 0.3) is 0 Å². The Kier molecular flexibility index (Phi) is 12.6. The van der Waals surface area contributed by atoms with Crippen molar-refractivity contribution in [1.29, 1.82) is 0 Å². The molecule has 0 heterocycles. The molecule has 1 heteroatoms. The van der Waals surface area contributed by atoms with Crippen LogP contribution in [0.1, 0.15) is 115 Å². The lowest BCUT2D eigenvalue weighted by atomic mass is 9.88. The van der Waals surface area contributed by atoms with Gasteiger partial charge in [-0.1, -0.05) is 103 Å². The number of phenols is 1. The standard InChI is InChI=1S/C23H40O/c1-3-5-7-8-9-10-11-12-13-14-16-21(15-6-4-2)22-17-19-23(24)20-18-22/h17-21,24H,3-16H2,1-2H3. The molecule has 0 aromatic heterocycles. The lowest BCUT2D eigenvalue weighted by Gasteiger charge is -2.17. The zero-order valence-electron chi connectivity index (χ0n) is 16.2. The SMILES string of the molecule is CCCCCCCCCCCCC(CCCC)c1ccc(O)cc1. The first kappa shape index (κ1) is 21.1. The van der Waals surface area contributed by atoms with Crippen LogP contribution in [0.15, 0.2) is 24.3 Å². The second-order valence-corrected chi connectivity index (χ2v) is 7.40. The second-order valence-electron chi connectivity index (χ2n) is 7.40. The van der Waals surface area contributed by atoms with Crippen molar-refractivity contribution >= 4 is 0 Å². The number of aromatic hydroxyl groups is 1. The van der Waals surface area contributed by atoms with E-state index in [0.29, 0.717) is 11.7 Å². The molecule has 1 aromatic carbocycles. The van der Waals surface area contributed by atoms with Gasteiger partial charge in [-0.05, 0) is 36.5 Å². The zero-order valence-corrected chi connectivity index (χ0v) is 16.2. The van der Waals surface area contributed by atoms with Gasteiger partial charge < -0.3 is 5.11 Å². The molecule has 1 N–H and O–H groups in total. The molecule has 1 rings (SSSR count). The Morgan fingerprint density at radius 3 is 1.62 bits per heavy atom. The van der Waals surface area contributed by atoms with Gasteiger partial charge in [-0.15, -0.1) is 0 Å². The van der Waals surface area contributed by atoms with Crippen LogP contribution in [-0.4, -0.2) is 5.11 Å². The fourth-order valence-electron chi connectivity index (χ4n) is 3.55. The molecule has 1 aromatic rings. The van der Waals surface area contributed by atoms with Gasteiger partial charge in [0.25, 0.3) is 0 Å². The third-order valence-electron chi connectivity index (χ3n) is 5.18. The minimum absolute atomic E-state index is 0.381. The van der Waals surface area contributed by atoms with E-state index >= 15 is 0 Å². The Hall–Kier alpha value is -0.980. The molecule has 1 unspecified atom stereocenters. The minimum atomic E-state index is 0.381. The average molecular weight is 333 g/mol. The summed E-state index contributed by atoms with van der Waals surface area (Å²) in [5.74, 6) is 1.06. The zero-order chi connectivity index (χ0) is 17.5. The highest BCUT2D eigenvalue weighted by molar-refractivity contribution is 5.28. The van der Waals surface area contributed by atoms with E-state index < -0.39 is 0 Å². The Morgan fingerprint density at radius 2 is 1.08 bits per heavy atom. The van der Waals surface area contributed by atoms with Gasteiger partial charge in [0.1, 0.15) is 5.75 Å². The fourth-order valence-corrected chi connectivity index (χ4v) is 3.55. The van der Waals surface area contributed by atoms with Crippen molar-refractivity contribution in [3.8, 4) is 5.75 Å². The summed E-state index contributed by atoms with van der Waals surface area (Å²) in [6, 6.07) is 7.91. The Bertz CT molecular complexity index is 382. The van der Waals surface area contributed by atoms with Crippen LogP contribution >= 0.6 is 0 Å². The summed E-state index contributed by atoms with van der Waals surface area (Å²) < 4.78 is 0. The summed E-state index contributed by atoms with van der Waals surface area (Å²) in [4.78, 5) is 0. The number of hydrogen-bond donors (Lipinski definition) is 1. The van der Waals surface area contributed by atoms with Gasteiger partial charge in [-0.2, -0.15) is 0 Å². The maximum absolute atomic E-state index is 9.48. The number of hydrogen-bond acceptors (Lipinski definition) is 1. The third kappa shape index (κ3) is 10.0. The van der Waals surface area contributed by atoms with Gasteiger partial charge in [0.15, 0.2) is 0 Å². The van der Waals surface area contributed by atoms with Crippen LogP contribution in [0, 0.1) is 0 Å². The van der Waals surface area contributed by atoms with E-state index in [1.54, 1.807) is 0 Å². The molecule has 0 aliphatic carbocycles. The summed E-state index contributed by atoms with van der Waals surface area (Å²) in [5, 5.41) is 9.48. The van der Waals surface area contributed by atoms with Gasteiger partial charge in [0, 0.05) is 0 Å². The fraction of sp³-hybridized carbons (Fsp3) is 0.739. The van der Waals surface area contributed by atoms with E-state index in [1.165, 1.54) is 95.5 Å². The quantitative estimate of drug-likeness (QED) is 0.323. The van der Waals surface area contributed by atoms with Crippen LogP contribution in [0.5, 0.6) is 5.75 Å². The van der Waals surface area contributed by atoms with Gasteiger partial charge >= 0.3 is 0 Å². The van der Waals surface area contributed by atoms with Crippen molar-refractivity contribution in [3.63, 3.8) is 0 Å². The van der Waals surface area contributed by atoms with E-state index in [0.717, 1.165) is 0 Å². The van der Waals surface area contributed by atoms with Crippen molar-refractivity contribution in [2.75, 3.05) is 0 Å². The normalized spacial score (nSPS) is 12.4. The number of phenolic OH excluding ortho intramolecular Hbond substituents is 1. The lowest BCUT2D eigenvalue weighted by molar-refractivity contribution is 0.472. The molecular weight excluding hydrogens is 292 g/mol. The molecule has 0 bridgehead atoms. The second kappa shape index (κ2) is 14.4. The van der Waals surface area contributed by atoms with Crippen molar-refractivity contribution in [2.45, 2.75) is 110 Å². The van der Waals surface area contributed by atoms with Crippen LogP contribution in [0.4, 0.5) is 0 Å². The molecule has 138 valence electrons. The molecule has 0 aliphatic rings. The molecule has 0 fully saturated rings. The maximum Gasteiger partial charge on any atom is 0.115 e. The van der Waals surface area contributed by atoms with E-state index in [2.05, 4.69) is 26.0 Å². The first-order chi connectivity index (χ1) is 11.8. The summed E-state index contributed by atoms with van der Waals surface area (Å²) in [6.07, 6.45) is 19.2.